The SMILES string of the molecule is Cc1ccn(CCC(=O)N2C[C@H](c3ccc(F)cc3)[C@H]3[C@@H]2C2CCN3CC2)n1. The summed E-state index contributed by atoms with van der Waals surface area (Å²) in [5.41, 5.74) is 2.13. The Morgan fingerprint density at radius 2 is 1.89 bits per heavy atom. The number of halogens is 1. The van der Waals surface area contributed by atoms with Gasteiger partial charge in [-0.2, -0.15) is 5.10 Å². The molecule has 4 fully saturated rings. The monoisotopic (exact) mass is 382 g/mol. The smallest absolute Gasteiger partial charge is 0.224 e. The second-order valence-corrected chi connectivity index (χ2v) is 8.53. The fourth-order valence-electron chi connectivity index (χ4n) is 5.65. The zero-order valence-corrected chi connectivity index (χ0v) is 16.3. The number of hydrogen-bond donors (Lipinski definition) is 0. The van der Waals surface area contributed by atoms with Gasteiger partial charge in [-0.05, 0) is 62.5 Å². The molecule has 4 saturated heterocycles. The van der Waals surface area contributed by atoms with Crippen molar-refractivity contribution in [2.75, 3.05) is 19.6 Å². The van der Waals surface area contributed by atoms with Gasteiger partial charge < -0.3 is 4.90 Å². The van der Waals surface area contributed by atoms with Crippen molar-refractivity contribution in [2.24, 2.45) is 5.92 Å². The van der Waals surface area contributed by atoms with Crippen molar-refractivity contribution in [2.45, 2.75) is 50.7 Å². The molecule has 4 aliphatic heterocycles. The van der Waals surface area contributed by atoms with Crippen LogP contribution in [0.5, 0.6) is 0 Å². The molecule has 2 bridgehead atoms. The number of aryl methyl sites for hydroxylation is 2. The zero-order chi connectivity index (χ0) is 19.3. The van der Waals surface area contributed by atoms with Crippen LogP contribution < -0.4 is 0 Å². The largest absolute Gasteiger partial charge is 0.337 e. The lowest BCUT2D eigenvalue weighted by Gasteiger charge is -2.51. The van der Waals surface area contributed by atoms with E-state index >= 15 is 0 Å². The number of amides is 1. The average Bonchev–Trinajstić information content (AvgIpc) is 3.33. The number of hydrogen-bond acceptors (Lipinski definition) is 3. The van der Waals surface area contributed by atoms with Gasteiger partial charge in [0.15, 0.2) is 0 Å². The van der Waals surface area contributed by atoms with Crippen molar-refractivity contribution in [3.05, 3.63) is 53.6 Å². The molecule has 1 aromatic carbocycles. The van der Waals surface area contributed by atoms with E-state index < -0.39 is 0 Å². The first kappa shape index (κ1) is 17.9. The molecule has 4 aliphatic rings. The maximum Gasteiger partial charge on any atom is 0.224 e. The fraction of sp³-hybridized carbons (Fsp3) is 0.545. The fourth-order valence-corrected chi connectivity index (χ4v) is 5.65. The van der Waals surface area contributed by atoms with Gasteiger partial charge in [-0.25, -0.2) is 4.39 Å². The highest BCUT2D eigenvalue weighted by molar-refractivity contribution is 5.77. The van der Waals surface area contributed by atoms with Crippen LogP contribution in [0, 0.1) is 18.7 Å². The molecule has 3 atom stereocenters. The van der Waals surface area contributed by atoms with Crippen LogP contribution >= 0.6 is 0 Å². The Balaban J connectivity index is 1.38. The number of aromatic nitrogens is 2. The normalized spacial score (nSPS) is 31.2. The molecule has 6 rings (SSSR count). The van der Waals surface area contributed by atoms with E-state index in [0.29, 0.717) is 31.0 Å². The zero-order valence-electron chi connectivity index (χ0n) is 16.3. The summed E-state index contributed by atoms with van der Waals surface area (Å²) < 4.78 is 15.3. The summed E-state index contributed by atoms with van der Waals surface area (Å²) in [6, 6.07) is 9.53. The third-order valence-corrected chi connectivity index (χ3v) is 6.94. The third kappa shape index (κ3) is 3.04. The van der Waals surface area contributed by atoms with Gasteiger partial charge in [0.1, 0.15) is 5.82 Å². The number of fused-ring (bicyclic) bond motifs is 2. The van der Waals surface area contributed by atoms with Gasteiger partial charge in [0.2, 0.25) is 5.91 Å². The first-order chi connectivity index (χ1) is 13.6. The summed E-state index contributed by atoms with van der Waals surface area (Å²) in [6.07, 6.45) is 4.77. The summed E-state index contributed by atoms with van der Waals surface area (Å²) in [5.74, 6) is 0.883. The lowest BCUT2D eigenvalue weighted by Crippen LogP contribution is -2.60. The maximum absolute atomic E-state index is 13.4. The van der Waals surface area contributed by atoms with Crippen molar-refractivity contribution >= 4 is 5.91 Å². The minimum absolute atomic E-state index is 0.203. The molecule has 0 aliphatic carbocycles. The summed E-state index contributed by atoms with van der Waals surface area (Å²) in [7, 11) is 0. The van der Waals surface area contributed by atoms with E-state index in [1.165, 1.54) is 12.8 Å². The van der Waals surface area contributed by atoms with Crippen molar-refractivity contribution < 1.29 is 9.18 Å². The molecule has 5 nitrogen and oxygen atoms in total. The molecule has 0 unspecified atom stereocenters. The first-order valence-corrected chi connectivity index (χ1v) is 10.4. The summed E-state index contributed by atoms with van der Waals surface area (Å²) in [6.45, 7) is 5.57. The second kappa shape index (κ2) is 6.99. The number of piperidine rings is 3. The van der Waals surface area contributed by atoms with Gasteiger partial charge >= 0.3 is 0 Å². The van der Waals surface area contributed by atoms with Crippen LogP contribution in [-0.4, -0.2) is 57.2 Å². The molecule has 0 N–H and O–H groups in total. The van der Waals surface area contributed by atoms with E-state index in [0.717, 1.165) is 30.9 Å². The van der Waals surface area contributed by atoms with Crippen LogP contribution in [0.4, 0.5) is 4.39 Å². The van der Waals surface area contributed by atoms with Gasteiger partial charge in [0, 0.05) is 37.7 Å². The molecule has 0 radical (unpaired) electrons. The summed E-state index contributed by atoms with van der Waals surface area (Å²) in [5, 5.41) is 4.40. The highest BCUT2D eigenvalue weighted by Gasteiger charge is 2.54. The molecule has 0 saturated carbocycles. The summed E-state index contributed by atoms with van der Waals surface area (Å²) >= 11 is 0. The number of likely N-dealkylation sites (tertiary alicyclic amines) is 1. The number of carbonyl (C=O) groups excluding carboxylic acids is 1. The van der Waals surface area contributed by atoms with Crippen molar-refractivity contribution in [3.63, 3.8) is 0 Å². The molecule has 1 amide bonds. The van der Waals surface area contributed by atoms with Crippen LogP contribution in [-0.2, 0) is 11.3 Å². The standard InChI is InChI=1S/C22H27FN4O/c1-15-6-12-26(24-15)13-9-20(28)27-14-19(16-2-4-18(23)5-3-16)22-21(27)17-7-10-25(22)11-8-17/h2-6,12,17,19,21-22H,7-11,13-14H2,1H3/t19-,21+,22+/m1/s1. The Kier molecular flexibility index (Phi) is 4.46. The van der Waals surface area contributed by atoms with Crippen LogP contribution in [0.3, 0.4) is 0 Å². The molecule has 2 aromatic rings. The highest BCUT2D eigenvalue weighted by Crippen LogP contribution is 2.46. The predicted molar refractivity (Wildman–Crippen MR) is 104 cm³/mol. The molecular formula is C22H27FN4O. The van der Waals surface area contributed by atoms with E-state index in [2.05, 4.69) is 14.9 Å². The van der Waals surface area contributed by atoms with E-state index in [9.17, 15) is 9.18 Å². The Morgan fingerprint density at radius 1 is 1.14 bits per heavy atom. The van der Waals surface area contributed by atoms with E-state index in [-0.39, 0.29) is 17.6 Å². The minimum atomic E-state index is -0.203. The van der Waals surface area contributed by atoms with E-state index in [1.54, 1.807) is 12.1 Å². The van der Waals surface area contributed by atoms with E-state index in [1.807, 2.05) is 36.0 Å². The number of carbonyl (C=O) groups is 1. The van der Waals surface area contributed by atoms with Gasteiger partial charge in [-0.3, -0.25) is 14.4 Å². The molecule has 28 heavy (non-hydrogen) atoms. The van der Waals surface area contributed by atoms with Crippen LogP contribution in [0.2, 0.25) is 0 Å². The lowest BCUT2D eigenvalue weighted by molar-refractivity contribution is -0.136. The minimum Gasteiger partial charge on any atom is -0.337 e. The lowest BCUT2D eigenvalue weighted by atomic mass is 9.75. The predicted octanol–water partition coefficient (Wildman–Crippen LogP) is 2.81. The number of rotatable bonds is 4. The Labute approximate surface area is 165 Å². The topological polar surface area (TPSA) is 41.4 Å². The van der Waals surface area contributed by atoms with Crippen molar-refractivity contribution in [1.29, 1.82) is 0 Å². The maximum atomic E-state index is 13.4. The van der Waals surface area contributed by atoms with Crippen LogP contribution in [0.1, 0.15) is 36.4 Å². The first-order valence-electron chi connectivity index (χ1n) is 10.4. The van der Waals surface area contributed by atoms with Gasteiger partial charge in [0.05, 0.1) is 11.7 Å². The quantitative estimate of drug-likeness (QED) is 0.817. The van der Waals surface area contributed by atoms with Crippen LogP contribution in [0.25, 0.3) is 0 Å². The molecule has 0 spiro atoms. The molecule has 148 valence electrons. The van der Waals surface area contributed by atoms with E-state index in [4.69, 9.17) is 0 Å². The molecule has 1 aromatic heterocycles. The number of nitrogens with zero attached hydrogens (tertiary/aromatic N) is 4. The Hall–Kier alpha value is -2.21. The van der Waals surface area contributed by atoms with Crippen LogP contribution in [0.15, 0.2) is 36.5 Å². The molecular weight excluding hydrogens is 355 g/mol. The Bertz CT molecular complexity index is 856. The Morgan fingerprint density at radius 3 is 2.57 bits per heavy atom. The van der Waals surface area contributed by atoms with Gasteiger partial charge in [0.25, 0.3) is 0 Å². The van der Waals surface area contributed by atoms with Crippen molar-refractivity contribution in [1.82, 2.24) is 19.6 Å². The second-order valence-electron chi connectivity index (χ2n) is 8.53. The van der Waals surface area contributed by atoms with Gasteiger partial charge in [-0.1, -0.05) is 12.1 Å². The third-order valence-electron chi connectivity index (χ3n) is 6.94. The number of benzene rings is 1. The van der Waals surface area contributed by atoms with Crippen molar-refractivity contribution in [3.8, 4) is 0 Å². The summed E-state index contributed by atoms with van der Waals surface area (Å²) in [4.78, 5) is 17.9. The molecule has 5 heterocycles. The molecule has 6 heteroatoms. The van der Waals surface area contributed by atoms with Gasteiger partial charge in [-0.15, -0.1) is 0 Å². The average molecular weight is 382 g/mol. The highest BCUT2D eigenvalue weighted by atomic mass is 19.1.